The van der Waals surface area contributed by atoms with Gasteiger partial charge in [0.25, 0.3) is 0 Å². The molecule has 2 rings (SSSR count). The van der Waals surface area contributed by atoms with Crippen molar-refractivity contribution in [1.82, 2.24) is 0 Å². The van der Waals surface area contributed by atoms with Gasteiger partial charge in [-0.05, 0) is 43.4 Å². The number of hydrogen-bond donors (Lipinski definition) is 1. The zero-order chi connectivity index (χ0) is 13.0. The highest BCUT2D eigenvalue weighted by atomic mass is 35.5. The minimum Gasteiger partial charge on any atom is -0.321 e. The van der Waals surface area contributed by atoms with Crippen LogP contribution in [0, 0.1) is 0 Å². The number of nitrogens with two attached hydrogens (primary N) is 1. The second-order valence-electron chi connectivity index (χ2n) is 4.95. The lowest BCUT2D eigenvalue weighted by Crippen LogP contribution is -2.36. The van der Waals surface area contributed by atoms with Gasteiger partial charge in [-0.15, -0.1) is 0 Å². The van der Waals surface area contributed by atoms with Crippen LogP contribution in [-0.4, -0.2) is 0 Å². The Morgan fingerprint density at radius 3 is 2.50 bits per heavy atom. The van der Waals surface area contributed by atoms with E-state index < -0.39 is 0 Å². The van der Waals surface area contributed by atoms with E-state index in [0.29, 0.717) is 0 Å². The summed E-state index contributed by atoms with van der Waals surface area (Å²) in [6, 6.07) is 7.91. The molecular formula is C16H20ClN. The number of halogens is 1. The Kier molecular flexibility index (Phi) is 4.26. The van der Waals surface area contributed by atoms with Crippen molar-refractivity contribution in [3.05, 3.63) is 58.7 Å². The first-order chi connectivity index (χ1) is 8.64. The molecule has 1 nitrogen and oxygen atoms in total. The van der Waals surface area contributed by atoms with Gasteiger partial charge in [-0.25, -0.2) is 0 Å². The molecular weight excluding hydrogens is 242 g/mol. The first-order valence-corrected chi connectivity index (χ1v) is 6.92. The van der Waals surface area contributed by atoms with Gasteiger partial charge in [0.2, 0.25) is 0 Å². The summed E-state index contributed by atoms with van der Waals surface area (Å²) in [7, 11) is 0. The molecule has 96 valence electrons. The van der Waals surface area contributed by atoms with Gasteiger partial charge in [0.15, 0.2) is 0 Å². The summed E-state index contributed by atoms with van der Waals surface area (Å²) < 4.78 is 0. The van der Waals surface area contributed by atoms with Crippen molar-refractivity contribution in [2.75, 3.05) is 0 Å². The predicted octanol–water partition coefficient (Wildman–Crippen LogP) is 4.57. The molecule has 0 saturated carbocycles. The normalized spacial score (nSPS) is 18.3. The third-order valence-corrected chi connectivity index (χ3v) is 3.89. The van der Waals surface area contributed by atoms with Crippen molar-refractivity contribution < 1.29 is 0 Å². The highest BCUT2D eigenvalue weighted by molar-refractivity contribution is 6.30. The number of rotatable bonds is 4. The average Bonchev–Trinajstić information content (AvgIpc) is 2.40. The maximum Gasteiger partial charge on any atom is 0.0447 e. The van der Waals surface area contributed by atoms with E-state index in [-0.39, 0.29) is 5.54 Å². The maximum atomic E-state index is 6.58. The van der Waals surface area contributed by atoms with Crippen molar-refractivity contribution >= 4 is 11.6 Å². The summed E-state index contributed by atoms with van der Waals surface area (Å²) in [5.41, 5.74) is 8.80. The molecule has 0 heterocycles. The third-order valence-electron chi connectivity index (χ3n) is 3.64. The average molecular weight is 262 g/mol. The summed E-state index contributed by atoms with van der Waals surface area (Å²) in [6.07, 6.45) is 10.8. The molecule has 0 spiro atoms. The highest BCUT2D eigenvalue weighted by Gasteiger charge is 2.26. The van der Waals surface area contributed by atoms with Gasteiger partial charge in [-0.1, -0.05) is 54.5 Å². The van der Waals surface area contributed by atoms with Crippen molar-refractivity contribution in [2.24, 2.45) is 5.73 Å². The van der Waals surface area contributed by atoms with Gasteiger partial charge in [0.05, 0.1) is 0 Å². The Bertz CT molecular complexity index is 458. The molecule has 2 N–H and O–H groups in total. The van der Waals surface area contributed by atoms with Crippen LogP contribution in [0.15, 0.2) is 48.1 Å². The van der Waals surface area contributed by atoms with E-state index in [0.717, 1.165) is 36.3 Å². The van der Waals surface area contributed by atoms with Crippen molar-refractivity contribution in [2.45, 2.75) is 38.1 Å². The van der Waals surface area contributed by atoms with E-state index in [2.05, 4.69) is 25.2 Å². The van der Waals surface area contributed by atoms with Crippen LogP contribution in [0.25, 0.3) is 0 Å². The topological polar surface area (TPSA) is 26.0 Å². The summed E-state index contributed by atoms with van der Waals surface area (Å²) in [5, 5.41) is 0.758. The standard InChI is InChI=1S/C16H20ClN/c1-2-16(18,12-13-6-4-3-5-7-13)14-8-10-15(17)11-9-14/h4,6-11H,2-3,5,12,18H2,1H3. The molecule has 1 unspecified atom stereocenters. The molecule has 0 bridgehead atoms. The first-order valence-electron chi connectivity index (χ1n) is 6.54. The van der Waals surface area contributed by atoms with Crippen LogP contribution in [0.3, 0.4) is 0 Å². The van der Waals surface area contributed by atoms with E-state index in [1.165, 1.54) is 5.57 Å². The Morgan fingerprint density at radius 1 is 1.22 bits per heavy atom. The Hall–Kier alpha value is -1.05. The lowest BCUT2D eigenvalue weighted by atomic mass is 9.81. The predicted molar refractivity (Wildman–Crippen MR) is 78.7 cm³/mol. The first kappa shape index (κ1) is 13.4. The minimum absolute atomic E-state index is 0.294. The Labute approximate surface area is 114 Å². The van der Waals surface area contributed by atoms with Crippen LogP contribution < -0.4 is 5.73 Å². The smallest absolute Gasteiger partial charge is 0.0447 e. The van der Waals surface area contributed by atoms with E-state index in [1.807, 2.05) is 24.3 Å². The molecule has 0 aliphatic heterocycles. The lowest BCUT2D eigenvalue weighted by Gasteiger charge is -2.30. The van der Waals surface area contributed by atoms with E-state index in [1.54, 1.807) is 0 Å². The van der Waals surface area contributed by atoms with Crippen LogP contribution in [-0.2, 0) is 5.54 Å². The van der Waals surface area contributed by atoms with E-state index in [4.69, 9.17) is 17.3 Å². The molecule has 1 atom stereocenters. The Balaban J connectivity index is 2.21. The molecule has 2 heteroatoms. The van der Waals surface area contributed by atoms with Crippen molar-refractivity contribution in [3.8, 4) is 0 Å². The minimum atomic E-state index is -0.294. The van der Waals surface area contributed by atoms with Gasteiger partial charge in [-0.2, -0.15) is 0 Å². The summed E-state index contributed by atoms with van der Waals surface area (Å²) >= 11 is 5.93. The molecule has 1 aliphatic rings. The zero-order valence-corrected chi connectivity index (χ0v) is 11.6. The van der Waals surface area contributed by atoms with Crippen LogP contribution in [0.1, 0.15) is 38.2 Å². The van der Waals surface area contributed by atoms with Gasteiger partial charge in [0, 0.05) is 10.6 Å². The molecule has 0 aromatic heterocycles. The van der Waals surface area contributed by atoms with E-state index in [9.17, 15) is 0 Å². The molecule has 0 amide bonds. The Morgan fingerprint density at radius 2 is 1.94 bits per heavy atom. The van der Waals surface area contributed by atoms with Crippen LogP contribution in [0.4, 0.5) is 0 Å². The lowest BCUT2D eigenvalue weighted by molar-refractivity contribution is 0.426. The zero-order valence-electron chi connectivity index (χ0n) is 10.8. The number of allylic oxidation sites excluding steroid dienone is 3. The van der Waals surface area contributed by atoms with Crippen molar-refractivity contribution in [1.29, 1.82) is 0 Å². The molecule has 0 radical (unpaired) electrons. The van der Waals surface area contributed by atoms with Crippen LogP contribution >= 0.6 is 11.6 Å². The van der Waals surface area contributed by atoms with Crippen LogP contribution in [0.2, 0.25) is 5.02 Å². The number of hydrogen-bond acceptors (Lipinski definition) is 1. The highest BCUT2D eigenvalue weighted by Crippen LogP contribution is 2.31. The maximum absolute atomic E-state index is 6.58. The van der Waals surface area contributed by atoms with Gasteiger partial charge >= 0.3 is 0 Å². The van der Waals surface area contributed by atoms with Gasteiger partial charge < -0.3 is 5.73 Å². The van der Waals surface area contributed by atoms with Crippen LogP contribution in [0.5, 0.6) is 0 Å². The molecule has 0 fully saturated rings. The monoisotopic (exact) mass is 261 g/mol. The fourth-order valence-electron chi connectivity index (χ4n) is 2.38. The van der Waals surface area contributed by atoms with E-state index >= 15 is 0 Å². The third kappa shape index (κ3) is 3.04. The van der Waals surface area contributed by atoms with Gasteiger partial charge in [-0.3, -0.25) is 0 Å². The summed E-state index contributed by atoms with van der Waals surface area (Å²) in [4.78, 5) is 0. The SMILES string of the molecule is CCC(N)(CC1=CCCC=C1)c1ccc(Cl)cc1. The second-order valence-corrected chi connectivity index (χ2v) is 5.39. The van der Waals surface area contributed by atoms with Crippen molar-refractivity contribution in [3.63, 3.8) is 0 Å². The molecule has 0 saturated heterocycles. The fourth-order valence-corrected chi connectivity index (χ4v) is 2.50. The molecule has 1 aromatic rings. The quantitative estimate of drug-likeness (QED) is 0.844. The summed E-state index contributed by atoms with van der Waals surface area (Å²) in [5.74, 6) is 0. The summed E-state index contributed by atoms with van der Waals surface area (Å²) in [6.45, 7) is 2.14. The molecule has 18 heavy (non-hydrogen) atoms. The molecule has 1 aromatic carbocycles. The molecule has 1 aliphatic carbocycles. The fraction of sp³-hybridized carbons (Fsp3) is 0.375. The number of benzene rings is 1. The van der Waals surface area contributed by atoms with Gasteiger partial charge in [0.1, 0.15) is 0 Å². The second kappa shape index (κ2) is 5.73. The largest absolute Gasteiger partial charge is 0.321 e.